The van der Waals surface area contributed by atoms with Gasteiger partial charge in [0.05, 0.1) is 19.9 Å². The summed E-state index contributed by atoms with van der Waals surface area (Å²) in [4.78, 5) is 2.56. The van der Waals surface area contributed by atoms with Crippen molar-refractivity contribution in [3.63, 3.8) is 0 Å². The van der Waals surface area contributed by atoms with E-state index in [-0.39, 0.29) is 0 Å². The molecule has 0 aliphatic carbocycles. The molecule has 2 heterocycles. The average molecular weight is 380 g/mol. The molecule has 0 amide bonds. The maximum atomic E-state index is 5.57. The van der Waals surface area contributed by atoms with Gasteiger partial charge < -0.3 is 14.0 Å². The smallest absolute Gasteiger partial charge is 0.212 e. The van der Waals surface area contributed by atoms with Gasteiger partial charge in [-0.3, -0.25) is 4.90 Å². The zero-order valence-electron chi connectivity index (χ0n) is 16.7. The van der Waals surface area contributed by atoms with Crippen LogP contribution < -0.4 is 9.47 Å². The van der Waals surface area contributed by atoms with Crippen molar-refractivity contribution in [3.05, 3.63) is 53.7 Å². The number of benzene rings is 2. The molecule has 4 rings (SSSR count). The Bertz CT molecular complexity index is 899. The van der Waals surface area contributed by atoms with Gasteiger partial charge in [-0.25, -0.2) is 0 Å². The second-order valence-corrected chi connectivity index (χ2v) is 7.55. The number of ether oxygens (including phenoxy) is 2. The van der Waals surface area contributed by atoms with Gasteiger partial charge in [-0.2, -0.15) is 0 Å². The van der Waals surface area contributed by atoms with Gasteiger partial charge >= 0.3 is 0 Å². The maximum absolute atomic E-state index is 5.57. The van der Waals surface area contributed by atoms with E-state index in [0.29, 0.717) is 17.1 Å². The van der Waals surface area contributed by atoms with E-state index in [9.17, 15) is 0 Å². The molecular weight excluding hydrogens is 352 g/mol. The molecule has 0 N–H and O–H groups in total. The first-order valence-corrected chi connectivity index (χ1v) is 10.0. The van der Waals surface area contributed by atoms with E-state index in [1.165, 1.54) is 31.5 Å². The summed E-state index contributed by atoms with van der Waals surface area (Å²) in [6.07, 6.45) is 4.58. The molecule has 1 aliphatic rings. The van der Waals surface area contributed by atoms with Crippen molar-refractivity contribution in [2.45, 2.75) is 32.2 Å². The number of piperidine rings is 1. The Balaban J connectivity index is 1.33. The summed E-state index contributed by atoms with van der Waals surface area (Å²) in [6, 6.07) is 14.7. The zero-order valence-corrected chi connectivity index (χ0v) is 16.7. The molecule has 3 aromatic rings. The number of rotatable bonds is 7. The quantitative estimate of drug-likeness (QED) is 0.595. The Morgan fingerprint density at radius 3 is 2.54 bits per heavy atom. The van der Waals surface area contributed by atoms with Crippen molar-refractivity contribution in [1.82, 2.24) is 10.1 Å². The lowest BCUT2D eigenvalue weighted by Gasteiger charge is -2.31. The molecule has 1 aliphatic heterocycles. The van der Waals surface area contributed by atoms with Gasteiger partial charge in [0.2, 0.25) is 11.3 Å². The van der Waals surface area contributed by atoms with Gasteiger partial charge in [-0.05, 0) is 62.4 Å². The van der Waals surface area contributed by atoms with Crippen LogP contribution in [0, 0.1) is 5.92 Å². The summed E-state index contributed by atoms with van der Waals surface area (Å²) >= 11 is 0. The number of fused-ring (bicyclic) bond motifs is 1. The molecule has 0 spiro atoms. The van der Waals surface area contributed by atoms with E-state index >= 15 is 0 Å². The Kier molecular flexibility index (Phi) is 5.81. The second kappa shape index (κ2) is 8.65. The lowest BCUT2D eigenvalue weighted by Crippen LogP contribution is -2.33. The third-order valence-electron chi connectivity index (χ3n) is 5.80. The van der Waals surface area contributed by atoms with Crippen molar-refractivity contribution >= 4 is 11.0 Å². The highest BCUT2D eigenvalue weighted by molar-refractivity contribution is 5.87. The van der Waals surface area contributed by atoms with Crippen molar-refractivity contribution in [2.75, 3.05) is 27.3 Å². The molecule has 0 radical (unpaired) electrons. The number of likely N-dealkylation sites (tertiary alicyclic amines) is 1. The summed E-state index contributed by atoms with van der Waals surface area (Å²) in [5.74, 6) is 2.04. The lowest BCUT2D eigenvalue weighted by molar-refractivity contribution is 0.172. The van der Waals surface area contributed by atoms with Crippen LogP contribution >= 0.6 is 0 Å². The molecule has 5 nitrogen and oxygen atoms in total. The van der Waals surface area contributed by atoms with Crippen LogP contribution in [0.5, 0.6) is 11.5 Å². The molecule has 1 aromatic heterocycles. The van der Waals surface area contributed by atoms with Crippen LogP contribution in [0.2, 0.25) is 0 Å². The van der Waals surface area contributed by atoms with E-state index in [4.69, 9.17) is 14.0 Å². The zero-order chi connectivity index (χ0) is 19.3. The van der Waals surface area contributed by atoms with Crippen LogP contribution in [0.1, 0.15) is 30.5 Å². The first-order valence-electron chi connectivity index (χ1n) is 10.0. The summed E-state index contributed by atoms with van der Waals surface area (Å²) in [7, 11) is 3.26. The molecule has 28 heavy (non-hydrogen) atoms. The minimum atomic E-state index is 0.618. The summed E-state index contributed by atoms with van der Waals surface area (Å²) < 4.78 is 16.4. The van der Waals surface area contributed by atoms with Crippen LogP contribution in [0.4, 0.5) is 0 Å². The van der Waals surface area contributed by atoms with Crippen molar-refractivity contribution in [2.24, 2.45) is 5.92 Å². The van der Waals surface area contributed by atoms with Crippen molar-refractivity contribution in [3.8, 4) is 11.5 Å². The molecule has 2 aromatic carbocycles. The molecule has 0 bridgehead atoms. The Labute approximate surface area is 166 Å². The van der Waals surface area contributed by atoms with Crippen LogP contribution in [-0.2, 0) is 13.0 Å². The van der Waals surface area contributed by atoms with Gasteiger partial charge in [0.1, 0.15) is 0 Å². The Morgan fingerprint density at radius 1 is 1.04 bits per heavy atom. The molecular formula is C23H28N2O3. The summed E-state index contributed by atoms with van der Waals surface area (Å²) in [6.45, 7) is 3.40. The molecule has 1 fully saturated rings. The minimum absolute atomic E-state index is 0.618. The first-order chi connectivity index (χ1) is 13.8. The SMILES string of the molecule is COc1ccc2c(CCC3CCN(Cc4ccccc4)CC3)noc2c1OC. The van der Waals surface area contributed by atoms with Crippen molar-refractivity contribution in [1.29, 1.82) is 0 Å². The number of hydrogen-bond acceptors (Lipinski definition) is 5. The van der Waals surface area contributed by atoms with Crippen LogP contribution in [0.15, 0.2) is 47.0 Å². The molecule has 0 saturated carbocycles. The highest BCUT2D eigenvalue weighted by Crippen LogP contribution is 2.37. The van der Waals surface area contributed by atoms with E-state index in [0.717, 1.165) is 36.4 Å². The average Bonchev–Trinajstić information content (AvgIpc) is 3.16. The molecule has 148 valence electrons. The largest absolute Gasteiger partial charge is 0.493 e. The van der Waals surface area contributed by atoms with Gasteiger partial charge in [0.15, 0.2) is 5.75 Å². The van der Waals surface area contributed by atoms with Crippen LogP contribution in [0.3, 0.4) is 0 Å². The Hall–Kier alpha value is -2.53. The monoisotopic (exact) mass is 380 g/mol. The van der Waals surface area contributed by atoms with Crippen molar-refractivity contribution < 1.29 is 14.0 Å². The van der Waals surface area contributed by atoms with Gasteiger partial charge in [-0.1, -0.05) is 35.5 Å². The van der Waals surface area contributed by atoms with E-state index < -0.39 is 0 Å². The number of nitrogens with zero attached hydrogens (tertiary/aromatic N) is 2. The third kappa shape index (κ3) is 3.99. The predicted molar refractivity (Wildman–Crippen MR) is 110 cm³/mol. The maximum Gasteiger partial charge on any atom is 0.212 e. The number of aryl methyl sites for hydroxylation is 1. The normalized spacial score (nSPS) is 15.8. The number of methoxy groups -OCH3 is 2. The fourth-order valence-corrected chi connectivity index (χ4v) is 4.16. The van der Waals surface area contributed by atoms with Gasteiger partial charge in [0.25, 0.3) is 0 Å². The second-order valence-electron chi connectivity index (χ2n) is 7.55. The van der Waals surface area contributed by atoms with Crippen LogP contribution in [-0.4, -0.2) is 37.4 Å². The summed E-state index contributed by atoms with van der Waals surface area (Å²) in [5.41, 5.74) is 3.09. The molecule has 5 heteroatoms. The third-order valence-corrected chi connectivity index (χ3v) is 5.80. The first kappa shape index (κ1) is 18.8. The number of aromatic nitrogens is 1. The Morgan fingerprint density at radius 2 is 1.82 bits per heavy atom. The fraction of sp³-hybridized carbons (Fsp3) is 0.435. The molecule has 0 atom stereocenters. The highest BCUT2D eigenvalue weighted by atomic mass is 16.5. The van der Waals surface area contributed by atoms with E-state index in [2.05, 4.69) is 40.4 Å². The molecule has 0 unspecified atom stereocenters. The standard InChI is InChI=1S/C23H28N2O3/c1-26-21-11-9-19-20(24-28-22(19)23(21)27-2)10-8-17-12-14-25(15-13-17)16-18-6-4-3-5-7-18/h3-7,9,11,17H,8,10,12-16H2,1-2H3. The van der Waals surface area contributed by atoms with Gasteiger partial charge in [0, 0.05) is 11.9 Å². The topological polar surface area (TPSA) is 47.7 Å². The van der Waals surface area contributed by atoms with E-state index in [1.807, 2.05) is 12.1 Å². The van der Waals surface area contributed by atoms with Crippen LogP contribution in [0.25, 0.3) is 11.0 Å². The number of hydrogen-bond donors (Lipinski definition) is 0. The molecule has 1 saturated heterocycles. The summed E-state index contributed by atoms with van der Waals surface area (Å²) in [5, 5.41) is 5.34. The fourth-order valence-electron chi connectivity index (χ4n) is 4.16. The van der Waals surface area contributed by atoms with E-state index in [1.54, 1.807) is 14.2 Å². The lowest BCUT2D eigenvalue weighted by atomic mass is 9.91. The highest BCUT2D eigenvalue weighted by Gasteiger charge is 2.21. The minimum Gasteiger partial charge on any atom is -0.493 e. The van der Waals surface area contributed by atoms with Gasteiger partial charge in [-0.15, -0.1) is 0 Å². The predicted octanol–water partition coefficient (Wildman–Crippen LogP) is 4.69.